The molecule has 0 spiro atoms. The van der Waals surface area contributed by atoms with Crippen molar-refractivity contribution in [1.29, 1.82) is 0 Å². The van der Waals surface area contributed by atoms with E-state index in [0.717, 1.165) is 0 Å². The van der Waals surface area contributed by atoms with Gasteiger partial charge >= 0.3 is 0 Å². The highest BCUT2D eigenvalue weighted by molar-refractivity contribution is 7.43. The molecule has 1 fully saturated rings. The molecule has 1 aliphatic rings. The number of phosphoric acid groups is 1. The van der Waals surface area contributed by atoms with E-state index in [1.54, 1.807) is 0 Å². The van der Waals surface area contributed by atoms with Gasteiger partial charge < -0.3 is 48.8 Å². The van der Waals surface area contributed by atoms with Gasteiger partial charge in [0.25, 0.3) is 0 Å². The van der Waals surface area contributed by atoms with Gasteiger partial charge in [0.1, 0.15) is 35.9 Å². The van der Waals surface area contributed by atoms with Crippen LogP contribution < -0.4 is 14.5 Å². The molecule has 1 saturated heterocycles. The normalized spacial score (nSPS) is 31.8. The minimum Gasteiger partial charge on any atom is -0.790 e. The van der Waals surface area contributed by atoms with Crippen LogP contribution in [-0.4, -0.2) is 57.7 Å². The molecule has 11 heteroatoms. The van der Waals surface area contributed by atoms with Crippen molar-refractivity contribution in [3.63, 3.8) is 0 Å². The van der Waals surface area contributed by atoms with Gasteiger partial charge in [-0.2, -0.15) is 0 Å². The number of rotatable bonds is 5. The van der Waals surface area contributed by atoms with Crippen LogP contribution >= 0.6 is 7.82 Å². The fourth-order valence-corrected chi connectivity index (χ4v) is 2.30. The molecule has 4 N–H and O–H groups in total. The van der Waals surface area contributed by atoms with Crippen LogP contribution in [-0.2, 0) is 13.8 Å². The number of hydrogen-bond donors (Lipinski definition) is 4. The fourth-order valence-electron chi connectivity index (χ4n) is 1.98. The van der Waals surface area contributed by atoms with E-state index in [2.05, 4.69) is 4.52 Å². The second-order valence-electron chi connectivity index (χ2n) is 4.87. The number of aliphatic hydroxyl groups is 3. The molecular weight excluding hydrogens is 335 g/mol. The first-order chi connectivity index (χ1) is 10.7. The summed E-state index contributed by atoms with van der Waals surface area (Å²) in [7, 11) is -5.29. The summed E-state index contributed by atoms with van der Waals surface area (Å²) in [5.74, 6) is 0.152. The average molecular weight is 350 g/mol. The van der Waals surface area contributed by atoms with Gasteiger partial charge in [-0.3, -0.25) is 0 Å². The van der Waals surface area contributed by atoms with Crippen molar-refractivity contribution < 1.29 is 48.8 Å². The van der Waals surface area contributed by atoms with Crippen LogP contribution in [0.1, 0.15) is 0 Å². The van der Waals surface area contributed by atoms with E-state index in [4.69, 9.17) is 14.6 Å². The Morgan fingerprint density at radius 3 is 2.26 bits per heavy atom. The Morgan fingerprint density at radius 1 is 1.09 bits per heavy atom. The summed E-state index contributed by atoms with van der Waals surface area (Å²) in [4.78, 5) is 21.0. The van der Waals surface area contributed by atoms with Crippen LogP contribution in [0.2, 0.25) is 0 Å². The Balaban J connectivity index is 2.06. The van der Waals surface area contributed by atoms with Crippen molar-refractivity contribution in [3.8, 4) is 11.5 Å². The van der Waals surface area contributed by atoms with Crippen molar-refractivity contribution in [2.45, 2.75) is 30.7 Å². The van der Waals surface area contributed by atoms with Crippen LogP contribution in [0, 0.1) is 0 Å². The molecule has 2 rings (SSSR count). The Hall–Kier alpha value is -1.23. The number of phosphoric ester groups is 1. The highest BCUT2D eigenvalue weighted by atomic mass is 31.2. The first-order valence-electron chi connectivity index (χ1n) is 6.49. The Kier molecular flexibility index (Phi) is 5.61. The number of benzene rings is 1. The zero-order chi connectivity index (χ0) is 17.2. The second-order valence-corrected chi connectivity index (χ2v) is 6.02. The maximum Gasteiger partial charge on any atom is 0.229 e. The van der Waals surface area contributed by atoms with Crippen LogP contribution in [0.3, 0.4) is 0 Å². The Labute approximate surface area is 130 Å². The molecule has 130 valence electrons. The van der Waals surface area contributed by atoms with Gasteiger partial charge in [0.2, 0.25) is 6.29 Å². The molecule has 0 bridgehead atoms. The molecule has 10 nitrogen and oxygen atoms in total. The summed E-state index contributed by atoms with van der Waals surface area (Å²) in [5.41, 5.74) is 0. The van der Waals surface area contributed by atoms with E-state index in [1.807, 2.05) is 0 Å². The first-order valence-corrected chi connectivity index (χ1v) is 7.95. The van der Waals surface area contributed by atoms with E-state index in [9.17, 15) is 29.7 Å². The van der Waals surface area contributed by atoms with Gasteiger partial charge in [-0.15, -0.1) is 0 Å². The van der Waals surface area contributed by atoms with E-state index >= 15 is 0 Å². The van der Waals surface area contributed by atoms with Crippen molar-refractivity contribution in [2.75, 3.05) is 6.61 Å². The predicted octanol–water partition coefficient (Wildman–Crippen LogP) is -2.58. The van der Waals surface area contributed by atoms with Gasteiger partial charge in [-0.1, -0.05) is 0 Å². The lowest BCUT2D eigenvalue weighted by Crippen LogP contribution is -2.60. The summed E-state index contributed by atoms with van der Waals surface area (Å²) in [6, 6.07) is 5.33. The van der Waals surface area contributed by atoms with E-state index in [-0.39, 0.29) is 11.5 Å². The third kappa shape index (κ3) is 4.87. The van der Waals surface area contributed by atoms with Crippen molar-refractivity contribution in [3.05, 3.63) is 24.3 Å². The molecule has 1 aromatic carbocycles. The van der Waals surface area contributed by atoms with Crippen molar-refractivity contribution >= 4 is 7.82 Å². The number of phenols is 1. The maximum absolute atomic E-state index is 10.5. The number of aromatic hydroxyl groups is 1. The topological polar surface area (TPSA) is 172 Å². The number of phenolic OH excluding ortho intramolecular Hbond substituents is 1. The minimum atomic E-state index is -5.29. The quantitative estimate of drug-likeness (QED) is 0.413. The smallest absolute Gasteiger partial charge is 0.229 e. The summed E-state index contributed by atoms with van der Waals surface area (Å²) in [6.07, 6.45) is -7.90. The Bertz CT molecular complexity index is 557. The monoisotopic (exact) mass is 350 g/mol. The SMILES string of the molecule is O=P([O-])([O-])OC[C@H]1O[C@@H](Oc2ccc(O)cc2)[C@H](O)[C@@H](O)[C@@H]1O. The highest BCUT2D eigenvalue weighted by Gasteiger charge is 2.45. The van der Waals surface area contributed by atoms with Gasteiger partial charge in [-0.25, -0.2) is 0 Å². The number of aliphatic hydroxyl groups excluding tert-OH is 3. The molecule has 1 aromatic rings. The van der Waals surface area contributed by atoms with E-state index in [1.165, 1.54) is 24.3 Å². The molecular formula is C12H15O10P-2. The summed E-state index contributed by atoms with van der Waals surface area (Å²) < 4.78 is 24.9. The summed E-state index contributed by atoms with van der Waals surface area (Å²) in [5, 5.41) is 38.5. The standard InChI is InChI=1S/C12H17O10P/c13-6-1-3-7(4-2-6)21-12-11(16)10(15)9(14)8(22-12)5-20-23(17,18)19/h1-4,8-16H,5H2,(H2,17,18,19)/p-2/t8-,9-,10+,11-,12-/m1/s1. The lowest BCUT2D eigenvalue weighted by Gasteiger charge is -2.41. The number of ether oxygens (including phenoxy) is 2. The molecule has 0 aliphatic carbocycles. The van der Waals surface area contributed by atoms with Crippen molar-refractivity contribution in [1.82, 2.24) is 0 Å². The first kappa shape index (κ1) is 18.1. The molecule has 0 saturated carbocycles. The van der Waals surface area contributed by atoms with Gasteiger partial charge in [0, 0.05) is 0 Å². The minimum absolute atomic E-state index is 0.0224. The van der Waals surface area contributed by atoms with Crippen LogP contribution in [0.15, 0.2) is 24.3 Å². The molecule has 1 heterocycles. The maximum atomic E-state index is 10.5. The molecule has 0 unspecified atom stereocenters. The van der Waals surface area contributed by atoms with E-state index in [0.29, 0.717) is 0 Å². The fraction of sp³-hybridized carbons (Fsp3) is 0.500. The van der Waals surface area contributed by atoms with Gasteiger partial charge in [0.05, 0.1) is 14.4 Å². The van der Waals surface area contributed by atoms with E-state index < -0.39 is 45.1 Å². The summed E-state index contributed by atoms with van der Waals surface area (Å²) in [6.45, 7) is -0.843. The molecule has 1 aliphatic heterocycles. The van der Waals surface area contributed by atoms with Gasteiger partial charge in [0.15, 0.2) is 0 Å². The highest BCUT2D eigenvalue weighted by Crippen LogP contribution is 2.29. The third-order valence-corrected chi connectivity index (χ3v) is 3.62. The number of hydrogen-bond acceptors (Lipinski definition) is 10. The zero-order valence-corrected chi connectivity index (χ0v) is 12.5. The molecule has 5 atom stereocenters. The summed E-state index contributed by atoms with van der Waals surface area (Å²) >= 11 is 0. The lowest BCUT2D eigenvalue weighted by atomic mass is 9.99. The Morgan fingerprint density at radius 2 is 1.70 bits per heavy atom. The molecule has 23 heavy (non-hydrogen) atoms. The average Bonchev–Trinajstić information content (AvgIpc) is 2.48. The second kappa shape index (κ2) is 7.12. The van der Waals surface area contributed by atoms with Crippen LogP contribution in [0.25, 0.3) is 0 Å². The molecule has 0 radical (unpaired) electrons. The molecule has 0 aromatic heterocycles. The van der Waals surface area contributed by atoms with Crippen molar-refractivity contribution in [2.24, 2.45) is 0 Å². The largest absolute Gasteiger partial charge is 0.790 e. The predicted molar refractivity (Wildman–Crippen MR) is 69.0 cm³/mol. The lowest BCUT2D eigenvalue weighted by molar-refractivity contribution is -0.346. The zero-order valence-electron chi connectivity index (χ0n) is 11.6. The molecule has 0 amide bonds. The van der Waals surface area contributed by atoms with Gasteiger partial charge in [-0.05, 0) is 24.3 Å². The third-order valence-electron chi connectivity index (χ3n) is 3.15. The van der Waals surface area contributed by atoms with Crippen LogP contribution in [0.4, 0.5) is 0 Å². The van der Waals surface area contributed by atoms with Crippen LogP contribution in [0.5, 0.6) is 11.5 Å².